The summed E-state index contributed by atoms with van der Waals surface area (Å²) >= 11 is 0. The highest BCUT2D eigenvalue weighted by Gasteiger charge is 2.23. The van der Waals surface area contributed by atoms with Crippen LogP contribution in [0.2, 0.25) is 0 Å². The molecule has 1 atom stereocenters. The molecule has 1 nitrogen and oxygen atoms in total. The predicted octanol–water partition coefficient (Wildman–Crippen LogP) is 4.76. The van der Waals surface area contributed by atoms with Gasteiger partial charge in [0.1, 0.15) is 5.82 Å². The number of nitrogens with one attached hydrogen (secondary N) is 1. The fourth-order valence-electron chi connectivity index (χ4n) is 3.41. The van der Waals surface area contributed by atoms with Crippen LogP contribution in [0.5, 0.6) is 0 Å². The fraction of sp³-hybridized carbons (Fsp3) is 0.647. The van der Waals surface area contributed by atoms with E-state index in [2.05, 4.69) is 12.2 Å². The first-order valence-electron chi connectivity index (χ1n) is 7.65. The SMILES string of the molecule is CNC(c1cc(F)ccc1C)C1CCCCCCC1. The molecular weight excluding hydrogens is 237 g/mol. The largest absolute Gasteiger partial charge is 0.313 e. The Labute approximate surface area is 116 Å². The van der Waals surface area contributed by atoms with Gasteiger partial charge in [-0.05, 0) is 56.0 Å². The molecule has 1 N–H and O–H groups in total. The maximum atomic E-state index is 13.5. The minimum Gasteiger partial charge on any atom is -0.313 e. The molecule has 0 spiro atoms. The molecule has 2 heteroatoms. The summed E-state index contributed by atoms with van der Waals surface area (Å²) < 4.78 is 13.5. The Bertz CT molecular complexity index is 394. The van der Waals surface area contributed by atoms with Crippen LogP contribution in [0.25, 0.3) is 0 Å². The molecule has 106 valence electrons. The van der Waals surface area contributed by atoms with Crippen LogP contribution in [-0.4, -0.2) is 7.05 Å². The van der Waals surface area contributed by atoms with Crippen molar-refractivity contribution in [2.45, 2.75) is 57.9 Å². The van der Waals surface area contributed by atoms with Crippen LogP contribution in [0.3, 0.4) is 0 Å². The van der Waals surface area contributed by atoms with Gasteiger partial charge in [0.05, 0.1) is 0 Å². The van der Waals surface area contributed by atoms with E-state index in [1.165, 1.54) is 50.5 Å². The minimum absolute atomic E-state index is 0.119. The fourth-order valence-corrected chi connectivity index (χ4v) is 3.41. The van der Waals surface area contributed by atoms with E-state index in [9.17, 15) is 4.39 Å². The predicted molar refractivity (Wildman–Crippen MR) is 78.7 cm³/mol. The molecule has 1 unspecified atom stereocenters. The first-order chi connectivity index (χ1) is 9.22. The van der Waals surface area contributed by atoms with Gasteiger partial charge in [0.15, 0.2) is 0 Å². The smallest absolute Gasteiger partial charge is 0.123 e. The lowest BCUT2D eigenvalue weighted by atomic mass is 9.82. The molecule has 1 saturated carbocycles. The molecule has 0 aromatic heterocycles. The second-order valence-electron chi connectivity index (χ2n) is 5.87. The summed E-state index contributed by atoms with van der Waals surface area (Å²) in [7, 11) is 2.01. The Kier molecular flexibility index (Phi) is 5.38. The van der Waals surface area contributed by atoms with Gasteiger partial charge in [-0.3, -0.25) is 0 Å². The molecule has 0 aliphatic heterocycles. The van der Waals surface area contributed by atoms with Crippen molar-refractivity contribution in [3.8, 4) is 0 Å². The van der Waals surface area contributed by atoms with E-state index in [0.29, 0.717) is 12.0 Å². The number of hydrogen-bond donors (Lipinski definition) is 1. The number of hydrogen-bond acceptors (Lipinski definition) is 1. The molecule has 1 aromatic carbocycles. The van der Waals surface area contributed by atoms with Gasteiger partial charge in [0, 0.05) is 6.04 Å². The van der Waals surface area contributed by atoms with Crippen molar-refractivity contribution < 1.29 is 4.39 Å². The topological polar surface area (TPSA) is 12.0 Å². The molecule has 1 aliphatic rings. The number of aryl methyl sites for hydroxylation is 1. The molecule has 0 heterocycles. The summed E-state index contributed by atoms with van der Waals surface area (Å²) in [5, 5.41) is 3.44. The van der Waals surface area contributed by atoms with Crippen LogP contribution in [0.15, 0.2) is 18.2 Å². The molecule has 1 fully saturated rings. The van der Waals surface area contributed by atoms with E-state index in [-0.39, 0.29) is 5.82 Å². The van der Waals surface area contributed by atoms with E-state index in [1.54, 1.807) is 12.1 Å². The molecule has 2 rings (SSSR count). The van der Waals surface area contributed by atoms with E-state index in [4.69, 9.17) is 0 Å². The summed E-state index contributed by atoms with van der Waals surface area (Å²) in [6.45, 7) is 2.09. The van der Waals surface area contributed by atoms with Crippen LogP contribution in [0.1, 0.15) is 62.1 Å². The summed E-state index contributed by atoms with van der Waals surface area (Å²) in [5.41, 5.74) is 2.34. The first kappa shape index (κ1) is 14.5. The summed E-state index contributed by atoms with van der Waals surface area (Å²) in [5.74, 6) is 0.525. The first-order valence-corrected chi connectivity index (χ1v) is 7.65. The molecule has 1 aliphatic carbocycles. The monoisotopic (exact) mass is 263 g/mol. The van der Waals surface area contributed by atoms with Crippen LogP contribution in [0, 0.1) is 18.7 Å². The van der Waals surface area contributed by atoms with Crippen LogP contribution in [0.4, 0.5) is 4.39 Å². The van der Waals surface area contributed by atoms with Gasteiger partial charge in [-0.1, -0.05) is 38.2 Å². The Morgan fingerprint density at radius 2 is 1.74 bits per heavy atom. The quantitative estimate of drug-likeness (QED) is 0.829. The number of benzene rings is 1. The van der Waals surface area contributed by atoms with Crippen molar-refractivity contribution in [3.63, 3.8) is 0 Å². The Hall–Kier alpha value is -0.890. The van der Waals surface area contributed by atoms with Crippen molar-refractivity contribution in [2.24, 2.45) is 5.92 Å². The lowest BCUT2D eigenvalue weighted by Gasteiger charge is -2.30. The zero-order valence-electron chi connectivity index (χ0n) is 12.2. The molecule has 19 heavy (non-hydrogen) atoms. The number of halogens is 1. The molecular formula is C17H26FN. The lowest BCUT2D eigenvalue weighted by molar-refractivity contribution is 0.298. The number of rotatable bonds is 3. The normalized spacial score (nSPS) is 19.7. The average Bonchev–Trinajstić information content (AvgIpc) is 2.36. The maximum absolute atomic E-state index is 13.5. The maximum Gasteiger partial charge on any atom is 0.123 e. The molecule has 0 bridgehead atoms. The zero-order chi connectivity index (χ0) is 13.7. The molecule has 0 radical (unpaired) electrons. The van der Waals surface area contributed by atoms with Crippen molar-refractivity contribution in [1.29, 1.82) is 0 Å². The molecule has 0 amide bonds. The van der Waals surface area contributed by atoms with E-state index < -0.39 is 0 Å². The van der Waals surface area contributed by atoms with Gasteiger partial charge < -0.3 is 5.32 Å². The van der Waals surface area contributed by atoms with Crippen molar-refractivity contribution in [3.05, 3.63) is 35.1 Å². The lowest BCUT2D eigenvalue weighted by Crippen LogP contribution is -2.26. The summed E-state index contributed by atoms with van der Waals surface area (Å²) in [6, 6.07) is 5.48. The van der Waals surface area contributed by atoms with Crippen LogP contribution >= 0.6 is 0 Å². The molecule has 0 saturated heterocycles. The van der Waals surface area contributed by atoms with E-state index in [1.807, 2.05) is 13.1 Å². The average molecular weight is 263 g/mol. The Balaban J connectivity index is 2.19. The van der Waals surface area contributed by atoms with Crippen molar-refractivity contribution in [1.82, 2.24) is 5.32 Å². The van der Waals surface area contributed by atoms with Gasteiger partial charge >= 0.3 is 0 Å². The van der Waals surface area contributed by atoms with Gasteiger partial charge in [0.25, 0.3) is 0 Å². The summed E-state index contributed by atoms with van der Waals surface area (Å²) in [6.07, 6.45) is 9.26. The second kappa shape index (κ2) is 7.04. The third kappa shape index (κ3) is 3.79. The highest BCUT2D eigenvalue weighted by Crippen LogP contribution is 2.34. The van der Waals surface area contributed by atoms with E-state index >= 15 is 0 Å². The van der Waals surface area contributed by atoms with Crippen LogP contribution in [-0.2, 0) is 0 Å². The third-order valence-electron chi connectivity index (χ3n) is 4.51. The Morgan fingerprint density at radius 1 is 1.11 bits per heavy atom. The summed E-state index contributed by atoms with van der Waals surface area (Å²) in [4.78, 5) is 0. The van der Waals surface area contributed by atoms with Gasteiger partial charge in [-0.25, -0.2) is 4.39 Å². The highest BCUT2D eigenvalue weighted by atomic mass is 19.1. The standard InChI is InChI=1S/C17H26FN/c1-13-10-11-15(18)12-16(13)17(19-2)14-8-6-4-3-5-7-9-14/h10-12,14,17,19H,3-9H2,1-2H3. The Morgan fingerprint density at radius 3 is 2.37 bits per heavy atom. The van der Waals surface area contributed by atoms with Crippen molar-refractivity contribution in [2.75, 3.05) is 7.05 Å². The van der Waals surface area contributed by atoms with Crippen LogP contribution < -0.4 is 5.32 Å². The van der Waals surface area contributed by atoms with Crippen molar-refractivity contribution >= 4 is 0 Å². The van der Waals surface area contributed by atoms with E-state index in [0.717, 1.165) is 5.56 Å². The third-order valence-corrected chi connectivity index (χ3v) is 4.51. The van der Waals surface area contributed by atoms with Gasteiger partial charge in [-0.15, -0.1) is 0 Å². The second-order valence-corrected chi connectivity index (χ2v) is 5.87. The zero-order valence-corrected chi connectivity index (χ0v) is 12.2. The van der Waals surface area contributed by atoms with Gasteiger partial charge in [0.2, 0.25) is 0 Å². The highest BCUT2D eigenvalue weighted by molar-refractivity contribution is 5.30. The minimum atomic E-state index is -0.119. The molecule has 1 aromatic rings. The van der Waals surface area contributed by atoms with Gasteiger partial charge in [-0.2, -0.15) is 0 Å².